The van der Waals surface area contributed by atoms with E-state index in [-0.39, 0.29) is 0 Å². The van der Waals surface area contributed by atoms with Crippen LogP contribution in [0.5, 0.6) is 0 Å². The van der Waals surface area contributed by atoms with Gasteiger partial charge in [0.25, 0.3) is 7.38 Å². The molecule has 2 heteroatoms. The highest BCUT2D eigenvalue weighted by molar-refractivity contribution is 7.45. The fourth-order valence-corrected chi connectivity index (χ4v) is 9.74. The van der Waals surface area contributed by atoms with Gasteiger partial charge in [-0.05, 0) is 55.9 Å². The Balaban J connectivity index is 1.77. The van der Waals surface area contributed by atoms with E-state index in [2.05, 4.69) is 133 Å². The molecule has 0 unspecified atom stereocenters. The Kier molecular flexibility index (Phi) is 6.67. The summed E-state index contributed by atoms with van der Waals surface area (Å²) in [6, 6.07) is 52.5. The Morgan fingerprint density at radius 2 is 0.711 bits per heavy atom. The molecular weight excluding hydrogens is 496 g/mol. The van der Waals surface area contributed by atoms with Gasteiger partial charge in [-0.15, -0.1) is 11.1 Å². The minimum atomic E-state index is -3.13. The van der Waals surface area contributed by atoms with Crippen LogP contribution in [0.3, 0.4) is 0 Å². The lowest BCUT2D eigenvalue weighted by Gasteiger charge is -2.22. The highest BCUT2D eigenvalue weighted by Crippen LogP contribution is 2.56. The number of halogens is 1. The summed E-state index contributed by atoms with van der Waals surface area (Å²) >= 11 is 8.06. The van der Waals surface area contributed by atoms with Crippen LogP contribution >= 0.6 is 11.1 Å². The van der Waals surface area contributed by atoms with Crippen LogP contribution in [0.4, 0.5) is 0 Å². The topological polar surface area (TPSA) is 0 Å². The number of hydrogen-bond donors (Lipinski definition) is 0. The van der Waals surface area contributed by atoms with Crippen LogP contribution in [0, 0.1) is 11.5 Å². The van der Waals surface area contributed by atoms with Gasteiger partial charge in [0.15, 0.2) is 0 Å². The Bertz CT molecular complexity index is 1580. The van der Waals surface area contributed by atoms with E-state index in [1.165, 1.54) is 11.1 Å². The first-order chi connectivity index (χ1) is 18.8. The van der Waals surface area contributed by atoms with Crippen molar-refractivity contribution in [3.63, 3.8) is 0 Å². The van der Waals surface area contributed by atoms with Gasteiger partial charge in [-0.2, -0.15) is 0 Å². The average molecular weight is 521 g/mol. The van der Waals surface area contributed by atoms with Gasteiger partial charge in [0.05, 0.1) is 0 Å². The van der Waals surface area contributed by atoms with Crippen LogP contribution in [-0.4, -0.2) is 7.38 Å². The number of allylic oxidation sites excluding steroid dienone is 2. The third-order valence-corrected chi connectivity index (χ3v) is 11.2. The molecule has 38 heavy (non-hydrogen) atoms. The molecule has 0 saturated carbocycles. The maximum atomic E-state index is 8.06. The first-order valence-electron chi connectivity index (χ1n) is 12.7. The maximum Gasteiger partial charge on any atom is 0.296 e. The molecule has 0 atom stereocenters. The number of benzene rings is 5. The van der Waals surface area contributed by atoms with Gasteiger partial charge in [0.1, 0.15) is 0 Å². The van der Waals surface area contributed by atoms with E-state index in [0.29, 0.717) is 0 Å². The van der Waals surface area contributed by atoms with E-state index in [1.807, 2.05) is 30.3 Å². The summed E-state index contributed by atoms with van der Waals surface area (Å²) in [4.78, 5) is 0. The summed E-state index contributed by atoms with van der Waals surface area (Å²) in [5.41, 5.74) is 11.6. The summed E-state index contributed by atoms with van der Waals surface area (Å²) in [7, 11) is -3.13. The lowest BCUT2D eigenvalue weighted by Crippen LogP contribution is -2.29. The first kappa shape index (κ1) is 24.0. The van der Waals surface area contributed by atoms with Crippen LogP contribution in [0.25, 0.3) is 21.5 Å². The van der Waals surface area contributed by atoms with Crippen molar-refractivity contribution in [1.82, 2.24) is 0 Å². The Labute approximate surface area is 230 Å². The van der Waals surface area contributed by atoms with Gasteiger partial charge in [0, 0.05) is 5.56 Å². The Morgan fingerprint density at radius 1 is 0.395 bits per heavy atom. The van der Waals surface area contributed by atoms with Crippen molar-refractivity contribution in [1.29, 1.82) is 0 Å². The van der Waals surface area contributed by atoms with E-state index in [4.69, 9.17) is 11.1 Å². The minimum absolute atomic E-state index is 0.967. The summed E-state index contributed by atoms with van der Waals surface area (Å²) in [5.74, 6) is 3.48. The zero-order valence-electron chi connectivity index (χ0n) is 20.8. The summed E-state index contributed by atoms with van der Waals surface area (Å²) in [6.07, 6.45) is 0. The van der Waals surface area contributed by atoms with E-state index in [1.54, 1.807) is 0 Å². The van der Waals surface area contributed by atoms with Crippen LogP contribution < -0.4 is 0 Å². The molecule has 0 radical (unpaired) electrons. The van der Waals surface area contributed by atoms with Crippen molar-refractivity contribution in [3.05, 3.63) is 179 Å². The summed E-state index contributed by atoms with van der Waals surface area (Å²) in [5, 5.41) is 2.29. The fourth-order valence-electron chi connectivity index (χ4n) is 5.21. The van der Waals surface area contributed by atoms with Gasteiger partial charge in [0.2, 0.25) is 0 Å². The van der Waals surface area contributed by atoms with Crippen LogP contribution in [-0.2, 0) is 0 Å². The third kappa shape index (κ3) is 4.46. The number of rotatable bonds is 4. The van der Waals surface area contributed by atoms with Crippen molar-refractivity contribution < 1.29 is 0 Å². The maximum absolute atomic E-state index is 8.06. The van der Waals surface area contributed by atoms with Crippen LogP contribution in [0.1, 0.15) is 27.8 Å². The molecule has 6 rings (SSSR count). The molecule has 0 nitrogen and oxygen atoms in total. The van der Waals surface area contributed by atoms with Crippen molar-refractivity contribution in [2.24, 2.45) is 0 Å². The molecule has 0 aromatic heterocycles. The van der Waals surface area contributed by atoms with Gasteiger partial charge in [-0.3, -0.25) is 0 Å². The molecule has 1 aliphatic rings. The fraction of sp³-hybridized carbons (Fsp3) is 0. The zero-order valence-corrected chi connectivity index (χ0v) is 22.6. The van der Waals surface area contributed by atoms with Crippen molar-refractivity contribution in [2.45, 2.75) is 0 Å². The summed E-state index contributed by atoms with van der Waals surface area (Å²) < 4.78 is 0. The molecule has 0 aliphatic carbocycles. The molecule has 1 heterocycles. The van der Waals surface area contributed by atoms with E-state index >= 15 is 0 Å². The molecule has 180 valence electrons. The molecule has 5 aromatic carbocycles. The van der Waals surface area contributed by atoms with Gasteiger partial charge >= 0.3 is 0 Å². The van der Waals surface area contributed by atoms with Gasteiger partial charge < -0.3 is 0 Å². The second kappa shape index (κ2) is 10.6. The molecule has 0 spiro atoms. The molecule has 0 bridgehead atoms. The highest BCUT2D eigenvalue weighted by Gasteiger charge is 2.49. The zero-order chi connectivity index (χ0) is 25.8. The van der Waals surface area contributed by atoms with Gasteiger partial charge in [-0.1, -0.05) is 151 Å². The predicted octanol–water partition coefficient (Wildman–Crippen LogP) is 9.08. The van der Waals surface area contributed by atoms with Crippen molar-refractivity contribution >= 4 is 40.0 Å². The minimum Gasteiger partial charge on any atom is -0.138 e. The monoisotopic (exact) mass is 520 g/mol. The first-order valence-corrected chi connectivity index (χ1v) is 15.8. The smallest absolute Gasteiger partial charge is 0.138 e. The Hall–Kier alpha value is -4.35. The predicted molar refractivity (Wildman–Crippen MR) is 164 cm³/mol. The quantitative estimate of drug-likeness (QED) is 0.126. The third-order valence-electron chi connectivity index (χ3n) is 6.84. The number of hydrogen-bond acceptors (Lipinski definition) is 0. The van der Waals surface area contributed by atoms with Crippen LogP contribution in [0.15, 0.2) is 152 Å². The molecule has 0 amide bonds. The molecule has 0 N–H and O–H groups in total. The molecular formula is C36H25ClSi. The molecule has 0 saturated heterocycles. The standard InChI is InChI=1S/C36H25ClSi/c37-38(27-26-28-16-6-1-7-17-28)35(31-22-12-4-13-23-31)33(29-18-8-2-9-19-29)34(30-20-10-3-11-21-30)36(38)32-24-14-5-15-25-32/h1-25H. The molecule has 0 fully saturated rings. The summed E-state index contributed by atoms with van der Waals surface area (Å²) in [6.45, 7) is 0. The molecule has 5 aromatic rings. The van der Waals surface area contributed by atoms with Crippen molar-refractivity contribution in [3.8, 4) is 11.5 Å². The van der Waals surface area contributed by atoms with Gasteiger partial charge in [-0.25, -0.2) is 0 Å². The van der Waals surface area contributed by atoms with Crippen LogP contribution in [0.2, 0.25) is 0 Å². The SMILES string of the molecule is Cl[Si]1(C#Cc2ccccc2)C(c2ccccc2)=C(c2ccccc2)C(c2ccccc2)=C1c1ccccc1. The second-order valence-electron chi connectivity index (χ2n) is 9.24. The second-order valence-corrected chi connectivity index (χ2v) is 13.5. The normalized spacial score (nSPS) is 14.2. The van der Waals surface area contributed by atoms with E-state index in [9.17, 15) is 0 Å². The Morgan fingerprint density at radius 3 is 1.08 bits per heavy atom. The van der Waals surface area contributed by atoms with Crippen molar-refractivity contribution in [2.75, 3.05) is 0 Å². The average Bonchev–Trinajstić information content (AvgIpc) is 3.27. The highest BCUT2D eigenvalue weighted by atomic mass is 35.6. The lowest BCUT2D eigenvalue weighted by molar-refractivity contribution is 1.58. The lowest BCUT2D eigenvalue weighted by atomic mass is 9.89. The largest absolute Gasteiger partial charge is 0.296 e. The molecule has 1 aliphatic heterocycles. The van der Waals surface area contributed by atoms with E-state index in [0.717, 1.165) is 38.2 Å². The van der Waals surface area contributed by atoms with E-state index < -0.39 is 7.38 Å².